The maximum Gasteiger partial charge on any atom is 0.129 e. The predicted octanol–water partition coefficient (Wildman–Crippen LogP) is 13.0. The summed E-state index contributed by atoms with van der Waals surface area (Å²) in [7, 11) is 0. The van der Waals surface area contributed by atoms with E-state index >= 15 is 0 Å². The van der Waals surface area contributed by atoms with Crippen LogP contribution >= 0.6 is 34.8 Å². The molecule has 0 aliphatic carbocycles. The number of pyridine rings is 2. The van der Waals surface area contributed by atoms with Gasteiger partial charge in [-0.15, -0.1) is 0 Å². The Hall–Kier alpha value is -4.29. The Balaban J connectivity index is 0.000000182. The van der Waals surface area contributed by atoms with E-state index < -0.39 is 0 Å². The lowest BCUT2D eigenvalue weighted by Gasteiger charge is -2.37. The van der Waals surface area contributed by atoms with Crippen molar-refractivity contribution >= 4 is 73.9 Å². The third-order valence-electron chi connectivity index (χ3n) is 11.5. The standard InChI is InChI=1S/C26H32ClFN4.C17H13Cl2FN2.C9H20N2/c1-17-22(28)10-9-21-23(32-13-11-20(12-14-32)31-26(2,3)4)15-24(30-25(17)21)29-16-18-5-7-19(27)8-6-18;1-10-15(20)7-6-13-14(19)8-16(22-17(10)13)21-9-11-2-4-12(18)5-3-11;1-9(2,3)11-8-4-6-10-7-5-8/h5-10,15,20,31H,11-14,16H2,1-4H3,(H,29,30);2-8H,9H2,1H3,(H,21,22);8,10-11H,4-7H2,1-3H3. The average Bonchev–Trinajstić information content (AvgIpc) is 3.26. The van der Waals surface area contributed by atoms with Gasteiger partial charge in [-0.2, -0.15) is 0 Å². The molecule has 13 heteroatoms. The number of aryl methyl sites for hydroxylation is 2. The zero-order valence-electron chi connectivity index (χ0n) is 39.0. The maximum absolute atomic E-state index is 14.4. The first kappa shape index (κ1) is 50.1. The third-order valence-corrected chi connectivity index (χ3v) is 12.3. The van der Waals surface area contributed by atoms with Crippen LogP contribution in [0.1, 0.15) is 89.5 Å². The molecule has 8 rings (SSSR count). The Morgan fingerprint density at radius 1 is 0.600 bits per heavy atom. The molecule has 6 aromatic rings. The van der Waals surface area contributed by atoms with Gasteiger partial charge < -0.3 is 31.5 Å². The van der Waals surface area contributed by atoms with Crippen molar-refractivity contribution in [1.29, 1.82) is 0 Å². The lowest BCUT2D eigenvalue weighted by molar-refractivity contribution is 0.304. The van der Waals surface area contributed by atoms with Gasteiger partial charge in [0.1, 0.15) is 23.3 Å². The van der Waals surface area contributed by atoms with Gasteiger partial charge in [0.15, 0.2) is 0 Å². The minimum Gasteiger partial charge on any atom is -0.371 e. The van der Waals surface area contributed by atoms with Crippen molar-refractivity contribution < 1.29 is 8.78 Å². The summed E-state index contributed by atoms with van der Waals surface area (Å²) < 4.78 is 28.0. The number of aromatic nitrogens is 2. The van der Waals surface area contributed by atoms with Crippen LogP contribution in [0, 0.1) is 25.5 Å². The Morgan fingerprint density at radius 3 is 1.51 bits per heavy atom. The molecular formula is C52H65Cl3F2N8. The quantitative estimate of drug-likeness (QED) is 0.0980. The van der Waals surface area contributed by atoms with E-state index in [1.165, 1.54) is 32.0 Å². The van der Waals surface area contributed by atoms with Gasteiger partial charge in [-0.1, -0.05) is 59.1 Å². The van der Waals surface area contributed by atoms with Crippen LogP contribution in [0.15, 0.2) is 84.9 Å². The van der Waals surface area contributed by atoms with Crippen LogP contribution in [0.4, 0.5) is 26.1 Å². The van der Waals surface area contributed by atoms with Gasteiger partial charge in [0, 0.05) is 93.0 Å². The van der Waals surface area contributed by atoms with Gasteiger partial charge in [-0.05, 0) is 160 Å². The van der Waals surface area contributed by atoms with Crippen LogP contribution in [-0.2, 0) is 13.1 Å². The van der Waals surface area contributed by atoms with Crippen molar-refractivity contribution in [3.8, 4) is 0 Å². The van der Waals surface area contributed by atoms with Gasteiger partial charge in [0.05, 0.1) is 16.1 Å². The molecule has 0 radical (unpaired) electrons. The summed E-state index contributed by atoms with van der Waals surface area (Å²) in [6, 6.07) is 26.9. The lowest BCUT2D eigenvalue weighted by atomic mass is 9.99. The van der Waals surface area contributed by atoms with E-state index in [1.54, 1.807) is 32.0 Å². The van der Waals surface area contributed by atoms with Crippen molar-refractivity contribution in [2.24, 2.45) is 0 Å². The Morgan fingerprint density at radius 2 is 1.03 bits per heavy atom. The summed E-state index contributed by atoms with van der Waals surface area (Å²) in [5, 5.41) is 21.0. The average molecular weight is 947 g/mol. The molecule has 0 atom stereocenters. The van der Waals surface area contributed by atoms with E-state index in [1.807, 2.05) is 54.6 Å². The maximum atomic E-state index is 14.4. The molecule has 0 bridgehead atoms. The first-order valence-corrected chi connectivity index (χ1v) is 23.8. The molecule has 2 aliphatic rings. The number of rotatable bonds is 9. The topological polar surface area (TPSA) is 89.2 Å². The molecule has 2 fully saturated rings. The highest BCUT2D eigenvalue weighted by Gasteiger charge is 2.25. The van der Waals surface area contributed by atoms with E-state index in [-0.39, 0.29) is 22.7 Å². The van der Waals surface area contributed by atoms with Gasteiger partial charge >= 0.3 is 0 Å². The Labute approximate surface area is 399 Å². The fraction of sp³-hybridized carbons (Fsp3) is 0.423. The number of nitrogens with one attached hydrogen (secondary N) is 5. The van der Waals surface area contributed by atoms with Gasteiger partial charge in [-0.3, -0.25) is 0 Å². The summed E-state index contributed by atoms with van der Waals surface area (Å²) in [5.74, 6) is 0.858. The van der Waals surface area contributed by atoms with Crippen LogP contribution < -0.4 is 31.5 Å². The fourth-order valence-electron chi connectivity index (χ4n) is 8.24. The second-order valence-corrected chi connectivity index (χ2v) is 20.5. The number of halogens is 5. The minimum absolute atomic E-state index is 0.115. The molecule has 5 N–H and O–H groups in total. The van der Waals surface area contributed by atoms with Gasteiger partial charge in [-0.25, -0.2) is 18.7 Å². The summed E-state index contributed by atoms with van der Waals surface area (Å²) in [5.41, 5.74) is 6.07. The minimum atomic E-state index is -0.286. The molecule has 65 heavy (non-hydrogen) atoms. The SMILES string of the molecule is CC(C)(C)NC1CCNCC1.Cc1c(F)ccc2c(Cl)cc(NCc3ccc(Cl)cc3)nc12.Cc1c(F)ccc2c(N3CCC(NC(C)(C)C)CC3)cc(NCc3ccc(Cl)cc3)nc12. The number of benzene rings is 4. The Kier molecular flexibility index (Phi) is 17.3. The van der Waals surface area contributed by atoms with Crippen molar-refractivity contribution in [3.05, 3.63) is 134 Å². The van der Waals surface area contributed by atoms with Gasteiger partial charge in [0.2, 0.25) is 0 Å². The summed E-state index contributed by atoms with van der Waals surface area (Å²) in [6.07, 6.45) is 4.71. The largest absolute Gasteiger partial charge is 0.371 e. The number of piperidine rings is 2. The molecule has 4 heterocycles. The van der Waals surface area contributed by atoms with Crippen LogP contribution in [0.3, 0.4) is 0 Å². The second kappa shape index (κ2) is 22.5. The highest BCUT2D eigenvalue weighted by Crippen LogP contribution is 2.34. The first-order chi connectivity index (χ1) is 30.8. The Bertz CT molecular complexity index is 2490. The fourth-order valence-corrected chi connectivity index (χ4v) is 8.75. The number of nitrogens with zero attached hydrogens (tertiary/aromatic N) is 3. The highest BCUT2D eigenvalue weighted by molar-refractivity contribution is 6.35. The van der Waals surface area contributed by atoms with E-state index in [0.717, 1.165) is 75.9 Å². The van der Waals surface area contributed by atoms with E-state index in [2.05, 4.69) is 84.1 Å². The number of fused-ring (bicyclic) bond motifs is 2. The van der Waals surface area contributed by atoms with Crippen molar-refractivity contribution in [1.82, 2.24) is 25.9 Å². The first-order valence-electron chi connectivity index (χ1n) is 22.6. The zero-order chi connectivity index (χ0) is 46.9. The monoisotopic (exact) mass is 944 g/mol. The molecule has 0 saturated carbocycles. The van der Waals surface area contributed by atoms with Crippen molar-refractivity contribution in [3.63, 3.8) is 0 Å². The lowest BCUT2D eigenvalue weighted by Crippen LogP contribution is -2.49. The molecular weight excluding hydrogens is 881 g/mol. The van der Waals surface area contributed by atoms with Crippen LogP contribution in [0.5, 0.6) is 0 Å². The molecule has 2 aliphatic heterocycles. The number of hydrogen-bond donors (Lipinski definition) is 5. The molecule has 4 aromatic carbocycles. The molecule has 0 amide bonds. The molecule has 0 spiro atoms. The summed E-state index contributed by atoms with van der Waals surface area (Å²) in [4.78, 5) is 11.7. The molecule has 348 valence electrons. The summed E-state index contributed by atoms with van der Waals surface area (Å²) >= 11 is 18.1. The summed E-state index contributed by atoms with van der Waals surface area (Å²) in [6.45, 7) is 22.3. The number of hydrogen-bond acceptors (Lipinski definition) is 8. The zero-order valence-corrected chi connectivity index (χ0v) is 41.3. The van der Waals surface area contributed by atoms with Crippen LogP contribution in [-0.4, -0.2) is 59.3 Å². The van der Waals surface area contributed by atoms with E-state index in [9.17, 15) is 8.78 Å². The van der Waals surface area contributed by atoms with E-state index in [4.69, 9.17) is 39.8 Å². The highest BCUT2D eigenvalue weighted by atomic mass is 35.5. The molecule has 2 saturated heterocycles. The normalized spacial score (nSPS) is 15.0. The third kappa shape index (κ3) is 14.9. The van der Waals surface area contributed by atoms with Crippen LogP contribution in [0.25, 0.3) is 21.8 Å². The van der Waals surface area contributed by atoms with Crippen molar-refractivity contribution in [2.45, 2.75) is 117 Å². The van der Waals surface area contributed by atoms with E-state index in [0.29, 0.717) is 51.6 Å². The van der Waals surface area contributed by atoms with Crippen molar-refractivity contribution in [2.75, 3.05) is 41.7 Å². The number of anilines is 3. The van der Waals surface area contributed by atoms with Crippen LogP contribution in [0.2, 0.25) is 15.1 Å². The molecule has 0 unspecified atom stereocenters. The smallest absolute Gasteiger partial charge is 0.129 e. The molecule has 8 nitrogen and oxygen atoms in total. The predicted molar refractivity (Wildman–Crippen MR) is 272 cm³/mol. The van der Waals surface area contributed by atoms with Gasteiger partial charge in [0.25, 0.3) is 0 Å². The molecule has 2 aromatic heterocycles. The second-order valence-electron chi connectivity index (χ2n) is 19.2.